The first-order chi connectivity index (χ1) is 30.6. The van der Waals surface area contributed by atoms with Gasteiger partial charge in [0.1, 0.15) is 0 Å². The Labute approximate surface area is 418 Å². The van der Waals surface area contributed by atoms with E-state index < -0.39 is 53.8 Å². The molecule has 4 aromatic carbocycles. The number of unbranched alkanes of at least 4 members (excludes halogenated alkanes) is 2. The van der Waals surface area contributed by atoms with Crippen LogP contribution < -0.4 is 20.7 Å². The minimum absolute atomic E-state index is 0.0995. The molecule has 2 aliphatic rings. The molecule has 0 nitrogen and oxygen atoms in total. The van der Waals surface area contributed by atoms with Crippen LogP contribution in [0.4, 0.5) is 0 Å². The second kappa shape index (κ2) is 20.2. The maximum atomic E-state index is 9.26. The van der Waals surface area contributed by atoms with Crippen molar-refractivity contribution in [1.82, 2.24) is 0 Å². The van der Waals surface area contributed by atoms with Gasteiger partial charge in [-0.3, -0.25) is 0 Å². The van der Waals surface area contributed by atoms with Gasteiger partial charge in [0, 0.05) is 0 Å². The van der Waals surface area contributed by atoms with Crippen LogP contribution in [0, 0.1) is 0 Å². The van der Waals surface area contributed by atoms with E-state index in [0.29, 0.717) is 0 Å². The fourth-order valence-electron chi connectivity index (χ4n) is 11.4. The monoisotopic (exact) mass is 1090 g/mol. The molecule has 8 heteroatoms. The van der Waals surface area contributed by atoms with Crippen molar-refractivity contribution >= 4 is 88.1 Å². The summed E-state index contributed by atoms with van der Waals surface area (Å²) in [6.45, 7) is 44.8. The second-order valence-electron chi connectivity index (χ2n) is 25.2. The first kappa shape index (κ1) is 54.2. The molecule has 0 aromatic heterocycles. The van der Waals surface area contributed by atoms with Crippen molar-refractivity contribution in [1.29, 1.82) is 0 Å². The van der Waals surface area contributed by atoms with Gasteiger partial charge in [0.05, 0.1) is 0 Å². The summed E-state index contributed by atoms with van der Waals surface area (Å²) in [6, 6.07) is 25.8. The van der Waals surface area contributed by atoms with Gasteiger partial charge in [-0.25, -0.2) is 0 Å². The third-order valence-electron chi connectivity index (χ3n) is 15.5. The molecule has 0 saturated carbocycles. The van der Waals surface area contributed by atoms with Gasteiger partial charge < -0.3 is 0 Å². The first-order valence-corrected chi connectivity index (χ1v) is 56.5. The van der Waals surface area contributed by atoms with Crippen molar-refractivity contribution in [3.8, 4) is 22.3 Å². The van der Waals surface area contributed by atoms with E-state index in [2.05, 4.69) is 192 Å². The first-order valence-electron chi connectivity index (χ1n) is 26.2. The molecule has 6 rings (SSSR count). The summed E-state index contributed by atoms with van der Waals surface area (Å²) >= 11 is -5.10. The van der Waals surface area contributed by atoms with E-state index in [1.807, 2.05) is 0 Å². The van der Waals surface area contributed by atoms with Crippen molar-refractivity contribution in [2.45, 2.75) is 191 Å². The number of benzene rings is 4. The van der Waals surface area contributed by atoms with Crippen LogP contribution in [-0.2, 0) is 28.4 Å². The molecular weight excluding hydrogens is 999 g/mol. The predicted molar refractivity (Wildman–Crippen MR) is 315 cm³/mol. The van der Waals surface area contributed by atoms with Gasteiger partial charge in [-0.2, -0.15) is 0 Å². The molecule has 4 aromatic rings. The van der Waals surface area contributed by atoms with Crippen molar-refractivity contribution in [2.75, 3.05) is 0 Å². The van der Waals surface area contributed by atoms with Crippen LogP contribution in [0.5, 0.6) is 0 Å². The number of halogens is 2. The number of hydrogen-bond acceptors (Lipinski definition) is 0. The molecule has 0 aliphatic heterocycles. The fourth-order valence-corrected chi connectivity index (χ4v) is 47.9. The van der Waals surface area contributed by atoms with Crippen molar-refractivity contribution < 1.29 is 15.6 Å². The van der Waals surface area contributed by atoms with Gasteiger partial charge in [0.15, 0.2) is 0 Å². The summed E-state index contributed by atoms with van der Waals surface area (Å²) in [5.41, 5.74) is 17.7. The molecule has 0 saturated heterocycles. The van der Waals surface area contributed by atoms with Crippen molar-refractivity contribution in [3.63, 3.8) is 0 Å². The Bertz CT molecular complexity index is 2270. The summed E-state index contributed by atoms with van der Waals surface area (Å²) < 4.78 is 0.199. The summed E-state index contributed by atoms with van der Waals surface area (Å²) in [5.74, 6) is -1.76. The molecule has 0 bridgehead atoms. The molecule has 359 valence electrons. The zero-order valence-corrected chi connectivity index (χ0v) is 54.1. The van der Waals surface area contributed by atoms with E-state index >= 15 is 0 Å². The molecule has 0 N–H and O–H groups in total. The predicted octanol–water partition coefficient (Wildman–Crippen LogP) is 17.0. The molecule has 0 radical (unpaired) electrons. The summed E-state index contributed by atoms with van der Waals surface area (Å²) in [5, 5.41) is 6.32. The SMILES string of the molecule is CCCCC1=Cc2c(ccc(CCC)c2-c2cc([Si](C)(C)C)cc([Si](C)(C)C)c2)[CH]1[Zr]([Cl])([Cl])([CH]1C(CCCC)=Cc2c1ccc(CCC)c2-c1cc([Si](C)(C)C)cc([Si](C)(C)C)c1)[SiH](C)C. The van der Waals surface area contributed by atoms with Gasteiger partial charge >= 0.3 is 422 Å². The number of rotatable bonds is 19. The molecule has 66 heavy (non-hydrogen) atoms. The van der Waals surface area contributed by atoms with Crippen LogP contribution in [0.3, 0.4) is 0 Å². The molecule has 2 aliphatic carbocycles. The Morgan fingerprint density at radius 2 is 0.773 bits per heavy atom. The van der Waals surface area contributed by atoms with Crippen LogP contribution in [0.2, 0.25) is 91.7 Å². The Balaban J connectivity index is 1.71. The van der Waals surface area contributed by atoms with Crippen LogP contribution in [-0.4, -0.2) is 38.2 Å². The quantitative estimate of drug-likeness (QED) is 0.0821. The number of aryl methyl sites for hydroxylation is 2. The minimum atomic E-state index is -5.10. The van der Waals surface area contributed by atoms with E-state index in [0.717, 1.165) is 64.2 Å². The zero-order valence-electron chi connectivity index (χ0n) is 45.0. The van der Waals surface area contributed by atoms with E-state index in [4.69, 9.17) is 0 Å². The van der Waals surface area contributed by atoms with Crippen LogP contribution >= 0.6 is 17.0 Å². The molecular formula is C58H89Cl2Si5Zr. The molecule has 0 amide bonds. The zero-order chi connectivity index (χ0) is 49.0. The van der Waals surface area contributed by atoms with E-state index in [1.54, 1.807) is 31.9 Å². The molecule has 2 atom stereocenters. The number of hydrogen-bond donors (Lipinski definition) is 0. The third kappa shape index (κ3) is 10.6. The Morgan fingerprint density at radius 3 is 1.03 bits per heavy atom. The number of fused-ring (bicyclic) bond motifs is 2. The average molecular weight is 1090 g/mol. The van der Waals surface area contributed by atoms with Crippen molar-refractivity contribution in [2.24, 2.45) is 0 Å². The summed E-state index contributed by atoms with van der Waals surface area (Å²) in [6.07, 6.45) is 16.5. The van der Waals surface area contributed by atoms with Gasteiger partial charge in [-0.15, -0.1) is 0 Å². The van der Waals surface area contributed by atoms with Gasteiger partial charge in [-0.1, -0.05) is 0 Å². The fraction of sp³-hybridized carbons (Fsp3) is 0.517. The average Bonchev–Trinajstić information content (AvgIpc) is 3.80. The van der Waals surface area contributed by atoms with Gasteiger partial charge in [0.25, 0.3) is 0 Å². The Kier molecular flexibility index (Phi) is 16.6. The van der Waals surface area contributed by atoms with E-state index in [9.17, 15) is 17.0 Å². The molecule has 2 unspecified atom stereocenters. The summed E-state index contributed by atoms with van der Waals surface area (Å²) in [7, 11) is 12.0. The van der Waals surface area contributed by atoms with Crippen LogP contribution in [0.15, 0.2) is 71.8 Å². The van der Waals surface area contributed by atoms with E-state index in [1.165, 1.54) is 55.6 Å². The van der Waals surface area contributed by atoms with Crippen LogP contribution in [0.25, 0.3) is 34.4 Å². The van der Waals surface area contributed by atoms with Crippen molar-refractivity contribution in [3.05, 3.63) is 105 Å². The molecule has 0 fully saturated rings. The topological polar surface area (TPSA) is 0 Å². The standard InChI is InChI=1S/2C28H41Si2.C2H7Si.2ClH.Zr/c2*1-9-11-13-21-16-23-15-14-22(12-10-2)28(27(23)17-21)24-18-25(29(3,4)5)20-26(19-24)30(6,7)8;1-3-2;;;/h2*14-20H,9-13H2,1-8H3;3H,1-2H3;2*1H;/q;;;;;+2/p-2. The Morgan fingerprint density at radius 1 is 0.455 bits per heavy atom. The van der Waals surface area contributed by atoms with Gasteiger partial charge in [0.2, 0.25) is 0 Å². The third-order valence-corrected chi connectivity index (χ3v) is 75.5. The molecule has 0 spiro atoms. The van der Waals surface area contributed by atoms with Crippen LogP contribution in [0.1, 0.15) is 120 Å². The Hall–Kier alpha value is -1.09. The number of allylic oxidation sites excluding steroid dienone is 2. The summed E-state index contributed by atoms with van der Waals surface area (Å²) in [4.78, 5) is 0. The van der Waals surface area contributed by atoms with Gasteiger partial charge in [-0.05, 0) is 0 Å². The maximum absolute atomic E-state index is 9.26. The van der Waals surface area contributed by atoms with E-state index in [-0.39, 0.29) is 7.25 Å². The normalized spacial score (nSPS) is 17.4. The second-order valence-corrected chi connectivity index (χ2v) is 88.0. The molecule has 0 heterocycles.